The SMILES string of the molecule is CCCC(CCO)CNc1ccc(N)c(OCC)n1. The van der Waals surface area contributed by atoms with Crippen LogP contribution < -0.4 is 15.8 Å². The van der Waals surface area contributed by atoms with Crippen molar-refractivity contribution >= 4 is 11.5 Å². The molecule has 1 heterocycles. The van der Waals surface area contributed by atoms with E-state index in [1.54, 1.807) is 6.07 Å². The third-order valence-corrected chi connectivity index (χ3v) is 2.98. The molecule has 0 saturated heterocycles. The Labute approximate surface area is 115 Å². The van der Waals surface area contributed by atoms with Gasteiger partial charge in [0, 0.05) is 13.2 Å². The van der Waals surface area contributed by atoms with E-state index in [-0.39, 0.29) is 6.61 Å². The monoisotopic (exact) mass is 267 g/mol. The molecule has 19 heavy (non-hydrogen) atoms. The molecular weight excluding hydrogens is 242 g/mol. The smallest absolute Gasteiger partial charge is 0.239 e. The Morgan fingerprint density at radius 3 is 2.79 bits per heavy atom. The molecular formula is C14H25N3O2. The molecule has 1 atom stereocenters. The quantitative estimate of drug-likeness (QED) is 0.639. The van der Waals surface area contributed by atoms with Crippen LogP contribution in [0.2, 0.25) is 0 Å². The highest BCUT2D eigenvalue weighted by Gasteiger charge is 2.08. The third-order valence-electron chi connectivity index (χ3n) is 2.98. The molecule has 0 fully saturated rings. The van der Waals surface area contributed by atoms with Gasteiger partial charge >= 0.3 is 0 Å². The second kappa shape index (κ2) is 8.58. The summed E-state index contributed by atoms with van der Waals surface area (Å²) in [5, 5.41) is 12.3. The minimum atomic E-state index is 0.228. The van der Waals surface area contributed by atoms with Crippen LogP contribution in [-0.4, -0.2) is 29.8 Å². The van der Waals surface area contributed by atoms with E-state index in [4.69, 9.17) is 15.6 Å². The summed E-state index contributed by atoms with van der Waals surface area (Å²) in [7, 11) is 0. The summed E-state index contributed by atoms with van der Waals surface area (Å²) >= 11 is 0. The zero-order valence-corrected chi connectivity index (χ0v) is 11.9. The van der Waals surface area contributed by atoms with E-state index in [9.17, 15) is 0 Å². The molecule has 0 saturated carbocycles. The van der Waals surface area contributed by atoms with Gasteiger partial charge in [-0.15, -0.1) is 0 Å². The minimum Gasteiger partial charge on any atom is -0.476 e. The van der Waals surface area contributed by atoms with E-state index in [0.29, 0.717) is 24.1 Å². The number of nitrogen functional groups attached to an aromatic ring is 1. The lowest BCUT2D eigenvalue weighted by Crippen LogP contribution is -2.16. The Morgan fingerprint density at radius 2 is 2.16 bits per heavy atom. The number of rotatable bonds is 9. The first-order valence-electron chi connectivity index (χ1n) is 6.95. The topological polar surface area (TPSA) is 80.4 Å². The molecule has 0 aliphatic heterocycles. The van der Waals surface area contributed by atoms with Crippen LogP contribution in [0, 0.1) is 5.92 Å². The number of ether oxygens (including phenoxy) is 1. The van der Waals surface area contributed by atoms with Crippen LogP contribution >= 0.6 is 0 Å². The molecule has 0 spiro atoms. The predicted octanol–water partition coefficient (Wildman–Crippen LogP) is 2.27. The van der Waals surface area contributed by atoms with Gasteiger partial charge in [0.15, 0.2) is 0 Å². The summed E-state index contributed by atoms with van der Waals surface area (Å²) in [4.78, 5) is 4.33. The summed E-state index contributed by atoms with van der Waals surface area (Å²) in [5.41, 5.74) is 6.33. The Kier molecular flexibility index (Phi) is 7.03. The highest BCUT2D eigenvalue weighted by atomic mass is 16.5. The fourth-order valence-corrected chi connectivity index (χ4v) is 1.99. The summed E-state index contributed by atoms with van der Waals surface area (Å²) < 4.78 is 5.36. The van der Waals surface area contributed by atoms with Gasteiger partial charge in [-0.1, -0.05) is 13.3 Å². The number of aliphatic hydroxyl groups excluding tert-OH is 1. The lowest BCUT2D eigenvalue weighted by Gasteiger charge is -2.16. The minimum absolute atomic E-state index is 0.228. The number of nitrogens with one attached hydrogen (secondary N) is 1. The van der Waals surface area contributed by atoms with E-state index < -0.39 is 0 Å². The fraction of sp³-hybridized carbons (Fsp3) is 0.643. The molecule has 1 rings (SSSR count). The Morgan fingerprint density at radius 1 is 1.37 bits per heavy atom. The Hall–Kier alpha value is -1.49. The fourth-order valence-electron chi connectivity index (χ4n) is 1.99. The first kappa shape index (κ1) is 15.6. The third kappa shape index (κ3) is 5.34. The number of aliphatic hydroxyl groups is 1. The van der Waals surface area contributed by atoms with Gasteiger partial charge in [0.1, 0.15) is 5.82 Å². The molecule has 5 nitrogen and oxygen atoms in total. The first-order chi connectivity index (χ1) is 9.21. The van der Waals surface area contributed by atoms with Crippen LogP contribution in [-0.2, 0) is 0 Å². The zero-order valence-electron chi connectivity index (χ0n) is 11.9. The van der Waals surface area contributed by atoms with E-state index >= 15 is 0 Å². The van der Waals surface area contributed by atoms with Crippen LogP contribution in [0.25, 0.3) is 0 Å². The molecule has 0 radical (unpaired) electrons. The van der Waals surface area contributed by atoms with E-state index in [0.717, 1.165) is 31.6 Å². The summed E-state index contributed by atoms with van der Waals surface area (Å²) in [5.74, 6) is 1.70. The van der Waals surface area contributed by atoms with Gasteiger partial charge in [0.25, 0.3) is 0 Å². The van der Waals surface area contributed by atoms with Gasteiger partial charge in [-0.3, -0.25) is 0 Å². The molecule has 0 amide bonds. The van der Waals surface area contributed by atoms with Crippen LogP contribution in [0.1, 0.15) is 33.1 Å². The predicted molar refractivity (Wildman–Crippen MR) is 78.4 cm³/mol. The Bertz CT molecular complexity index is 366. The lowest BCUT2D eigenvalue weighted by atomic mass is 10.0. The number of nitrogens with zero attached hydrogens (tertiary/aromatic N) is 1. The molecule has 108 valence electrons. The largest absolute Gasteiger partial charge is 0.476 e. The van der Waals surface area contributed by atoms with Crippen LogP contribution in [0.15, 0.2) is 12.1 Å². The van der Waals surface area contributed by atoms with Crippen molar-refractivity contribution in [2.75, 3.05) is 30.8 Å². The number of aromatic nitrogens is 1. The molecule has 0 aromatic carbocycles. The average Bonchev–Trinajstić information content (AvgIpc) is 2.40. The second-order valence-electron chi connectivity index (χ2n) is 4.57. The highest BCUT2D eigenvalue weighted by Crippen LogP contribution is 2.21. The van der Waals surface area contributed by atoms with Crippen LogP contribution in [0.5, 0.6) is 5.88 Å². The maximum atomic E-state index is 9.03. The molecule has 4 N–H and O–H groups in total. The van der Waals surface area contributed by atoms with Gasteiger partial charge in [-0.25, -0.2) is 0 Å². The van der Waals surface area contributed by atoms with Crippen molar-refractivity contribution in [2.45, 2.75) is 33.1 Å². The standard InChI is InChI=1S/C14H25N3O2/c1-3-5-11(8-9-18)10-16-13-7-6-12(15)14(17-13)19-4-2/h6-7,11,18H,3-5,8-10,15H2,1-2H3,(H,16,17). The number of anilines is 2. The van der Waals surface area contributed by atoms with Crippen molar-refractivity contribution < 1.29 is 9.84 Å². The van der Waals surface area contributed by atoms with Crippen molar-refractivity contribution in [1.82, 2.24) is 4.98 Å². The number of hydrogen-bond donors (Lipinski definition) is 3. The summed E-state index contributed by atoms with van der Waals surface area (Å²) in [6.45, 7) is 5.63. The average molecular weight is 267 g/mol. The van der Waals surface area contributed by atoms with E-state index in [2.05, 4.69) is 17.2 Å². The summed E-state index contributed by atoms with van der Waals surface area (Å²) in [6, 6.07) is 3.64. The number of pyridine rings is 1. The number of hydrogen-bond acceptors (Lipinski definition) is 5. The normalized spacial score (nSPS) is 12.2. The van der Waals surface area contributed by atoms with Gasteiger partial charge in [0.2, 0.25) is 5.88 Å². The van der Waals surface area contributed by atoms with Crippen LogP contribution in [0.4, 0.5) is 11.5 Å². The van der Waals surface area contributed by atoms with Gasteiger partial charge in [-0.05, 0) is 37.8 Å². The van der Waals surface area contributed by atoms with Gasteiger partial charge in [0.05, 0.1) is 12.3 Å². The highest BCUT2D eigenvalue weighted by molar-refractivity contribution is 5.53. The van der Waals surface area contributed by atoms with Gasteiger partial charge in [-0.2, -0.15) is 4.98 Å². The van der Waals surface area contributed by atoms with E-state index in [1.165, 1.54) is 0 Å². The molecule has 0 bridgehead atoms. The Balaban J connectivity index is 2.58. The van der Waals surface area contributed by atoms with Crippen molar-refractivity contribution in [1.29, 1.82) is 0 Å². The van der Waals surface area contributed by atoms with Crippen molar-refractivity contribution in [3.05, 3.63) is 12.1 Å². The molecule has 0 aliphatic carbocycles. The first-order valence-corrected chi connectivity index (χ1v) is 6.95. The maximum Gasteiger partial charge on any atom is 0.239 e. The zero-order chi connectivity index (χ0) is 14.1. The molecule has 1 aromatic heterocycles. The maximum absolute atomic E-state index is 9.03. The summed E-state index contributed by atoms with van der Waals surface area (Å²) in [6.07, 6.45) is 3.03. The lowest BCUT2D eigenvalue weighted by molar-refractivity contribution is 0.255. The van der Waals surface area contributed by atoms with E-state index in [1.807, 2.05) is 13.0 Å². The molecule has 0 aliphatic rings. The molecule has 1 unspecified atom stereocenters. The van der Waals surface area contributed by atoms with Gasteiger partial charge < -0.3 is 20.9 Å². The molecule has 5 heteroatoms. The number of nitrogens with two attached hydrogens (primary N) is 1. The van der Waals surface area contributed by atoms with Crippen molar-refractivity contribution in [3.8, 4) is 5.88 Å². The molecule has 1 aromatic rings. The van der Waals surface area contributed by atoms with Crippen molar-refractivity contribution in [3.63, 3.8) is 0 Å². The van der Waals surface area contributed by atoms with Crippen molar-refractivity contribution in [2.24, 2.45) is 5.92 Å². The second-order valence-corrected chi connectivity index (χ2v) is 4.57. The van der Waals surface area contributed by atoms with Crippen LogP contribution in [0.3, 0.4) is 0 Å².